The molecule has 2 aliphatic heterocycles. The van der Waals surface area contributed by atoms with Crippen LogP contribution in [0.1, 0.15) is 17.4 Å². The summed E-state index contributed by atoms with van der Waals surface area (Å²) in [5.41, 5.74) is 2.14. The van der Waals surface area contributed by atoms with E-state index in [0.717, 1.165) is 10.9 Å². The van der Waals surface area contributed by atoms with E-state index in [1.807, 2.05) is 22.8 Å². The van der Waals surface area contributed by atoms with Crippen LogP contribution in [0.4, 0.5) is 10.5 Å². The second kappa shape index (κ2) is 5.80. The Morgan fingerprint density at radius 1 is 1.32 bits per heavy atom. The number of nitrogens with one attached hydrogen (secondary N) is 1. The van der Waals surface area contributed by atoms with E-state index in [9.17, 15) is 14.4 Å². The molecule has 1 saturated heterocycles. The van der Waals surface area contributed by atoms with Crippen molar-refractivity contribution >= 4 is 34.6 Å². The van der Waals surface area contributed by atoms with Gasteiger partial charge in [-0.1, -0.05) is 0 Å². The van der Waals surface area contributed by atoms with Gasteiger partial charge in [-0.05, 0) is 24.3 Å². The van der Waals surface area contributed by atoms with Gasteiger partial charge in [-0.2, -0.15) is 0 Å². The Hall–Kier alpha value is -3.03. The molecular weight excluding hydrogens is 326 g/mol. The van der Waals surface area contributed by atoms with E-state index in [2.05, 4.69) is 5.32 Å². The number of fused-ring (bicyclic) bond motifs is 3. The summed E-state index contributed by atoms with van der Waals surface area (Å²) in [6.45, 7) is 3.05. The standard InChI is InChI=1S/C17H17N3O5/c1-10(21)18-8-13-9-20(17(23)25-13)12-2-3-14-11(6-12)7-15-16(22)24-5-4-19(14)15/h2-3,6-7,13H,4-5,8-9H2,1H3,(H,18,21)/t13-/m0/s1. The second-order valence-corrected chi connectivity index (χ2v) is 6.11. The molecule has 1 atom stereocenters. The summed E-state index contributed by atoms with van der Waals surface area (Å²) in [6, 6.07) is 7.35. The van der Waals surface area contributed by atoms with E-state index < -0.39 is 6.09 Å². The van der Waals surface area contributed by atoms with E-state index >= 15 is 0 Å². The maximum absolute atomic E-state index is 12.1. The lowest BCUT2D eigenvalue weighted by Gasteiger charge is -2.16. The van der Waals surface area contributed by atoms with Gasteiger partial charge < -0.3 is 19.4 Å². The Balaban J connectivity index is 1.61. The quantitative estimate of drug-likeness (QED) is 0.848. The van der Waals surface area contributed by atoms with Gasteiger partial charge in [0.05, 0.1) is 19.6 Å². The number of hydrogen-bond acceptors (Lipinski definition) is 5. The predicted molar refractivity (Wildman–Crippen MR) is 88.5 cm³/mol. The molecule has 25 heavy (non-hydrogen) atoms. The third kappa shape index (κ3) is 2.69. The molecule has 1 N–H and O–H groups in total. The molecule has 4 rings (SSSR count). The molecule has 0 bridgehead atoms. The van der Waals surface area contributed by atoms with Crippen LogP contribution in [0.3, 0.4) is 0 Å². The lowest BCUT2D eigenvalue weighted by molar-refractivity contribution is -0.119. The van der Waals surface area contributed by atoms with Gasteiger partial charge in [0.1, 0.15) is 18.4 Å². The Morgan fingerprint density at radius 3 is 2.96 bits per heavy atom. The average molecular weight is 343 g/mol. The zero-order chi connectivity index (χ0) is 17.6. The maximum atomic E-state index is 12.1. The number of carbonyl (C=O) groups is 3. The van der Waals surface area contributed by atoms with Crippen LogP contribution in [0.5, 0.6) is 0 Å². The summed E-state index contributed by atoms with van der Waals surface area (Å²) < 4.78 is 12.3. The van der Waals surface area contributed by atoms with Crippen molar-refractivity contribution in [2.75, 3.05) is 24.6 Å². The van der Waals surface area contributed by atoms with Crippen LogP contribution in [-0.2, 0) is 20.8 Å². The number of cyclic esters (lactones) is 2. The number of anilines is 1. The highest BCUT2D eigenvalue weighted by Crippen LogP contribution is 2.29. The van der Waals surface area contributed by atoms with Gasteiger partial charge in [-0.15, -0.1) is 0 Å². The Kier molecular flexibility index (Phi) is 3.60. The first-order chi connectivity index (χ1) is 12.0. The summed E-state index contributed by atoms with van der Waals surface area (Å²) in [6.07, 6.45) is -0.831. The predicted octanol–water partition coefficient (Wildman–Crippen LogP) is 1.27. The molecule has 0 aliphatic carbocycles. The van der Waals surface area contributed by atoms with Gasteiger partial charge in [-0.3, -0.25) is 9.69 Å². The molecule has 0 spiro atoms. The number of carbonyl (C=O) groups excluding carboxylic acids is 3. The van der Waals surface area contributed by atoms with Crippen LogP contribution in [-0.4, -0.2) is 48.3 Å². The molecule has 0 radical (unpaired) electrons. The van der Waals surface area contributed by atoms with E-state index in [0.29, 0.717) is 31.1 Å². The molecule has 8 nitrogen and oxygen atoms in total. The maximum Gasteiger partial charge on any atom is 0.414 e. The summed E-state index contributed by atoms with van der Waals surface area (Å²) >= 11 is 0. The van der Waals surface area contributed by atoms with Crippen molar-refractivity contribution in [1.82, 2.24) is 9.88 Å². The Morgan fingerprint density at radius 2 is 2.16 bits per heavy atom. The minimum absolute atomic E-state index is 0.165. The molecule has 2 aromatic rings. The van der Waals surface area contributed by atoms with Crippen molar-refractivity contribution in [3.05, 3.63) is 30.0 Å². The largest absolute Gasteiger partial charge is 0.459 e. The fraction of sp³-hybridized carbons (Fsp3) is 0.353. The fourth-order valence-corrected chi connectivity index (χ4v) is 3.24. The normalized spacial score (nSPS) is 19.6. The molecule has 0 saturated carbocycles. The summed E-state index contributed by atoms with van der Waals surface area (Å²) in [4.78, 5) is 36.5. The van der Waals surface area contributed by atoms with E-state index in [-0.39, 0.29) is 24.5 Å². The van der Waals surface area contributed by atoms with Crippen molar-refractivity contribution in [2.45, 2.75) is 19.6 Å². The molecule has 3 heterocycles. The minimum atomic E-state index is -0.446. The van der Waals surface area contributed by atoms with Gasteiger partial charge in [0.15, 0.2) is 0 Å². The van der Waals surface area contributed by atoms with Crippen molar-refractivity contribution in [1.29, 1.82) is 0 Å². The second-order valence-electron chi connectivity index (χ2n) is 6.11. The minimum Gasteiger partial charge on any atom is -0.459 e. The van der Waals surface area contributed by atoms with Gasteiger partial charge in [0, 0.05) is 23.5 Å². The summed E-state index contributed by atoms with van der Waals surface area (Å²) in [5.74, 6) is -0.498. The molecule has 8 heteroatoms. The van der Waals surface area contributed by atoms with Crippen LogP contribution in [0.15, 0.2) is 24.3 Å². The molecule has 0 unspecified atom stereocenters. The molecule has 2 amide bonds. The van der Waals surface area contributed by atoms with Gasteiger partial charge >= 0.3 is 12.1 Å². The average Bonchev–Trinajstić information content (AvgIpc) is 3.14. The van der Waals surface area contributed by atoms with E-state index in [4.69, 9.17) is 9.47 Å². The fourth-order valence-electron chi connectivity index (χ4n) is 3.24. The van der Waals surface area contributed by atoms with Crippen LogP contribution in [0.25, 0.3) is 10.9 Å². The smallest absolute Gasteiger partial charge is 0.414 e. The lowest BCUT2D eigenvalue weighted by Crippen LogP contribution is -2.33. The van der Waals surface area contributed by atoms with E-state index in [1.165, 1.54) is 11.8 Å². The van der Waals surface area contributed by atoms with Crippen molar-refractivity contribution in [3.63, 3.8) is 0 Å². The number of aromatic nitrogens is 1. The molecule has 2 aliphatic rings. The third-order valence-electron chi connectivity index (χ3n) is 4.41. The van der Waals surface area contributed by atoms with Crippen molar-refractivity contribution in [3.8, 4) is 0 Å². The number of rotatable bonds is 3. The number of ether oxygens (including phenoxy) is 2. The van der Waals surface area contributed by atoms with Crippen molar-refractivity contribution in [2.24, 2.45) is 0 Å². The SMILES string of the molecule is CC(=O)NC[C@H]1CN(c2ccc3c(c2)cc2n3CCOC2=O)C(=O)O1. The Labute approximate surface area is 143 Å². The van der Waals surface area contributed by atoms with Gasteiger partial charge in [0.2, 0.25) is 5.91 Å². The molecular formula is C17H17N3O5. The van der Waals surface area contributed by atoms with Gasteiger partial charge in [-0.25, -0.2) is 9.59 Å². The molecule has 1 aromatic heterocycles. The number of hydrogen-bond donors (Lipinski definition) is 1. The lowest BCUT2D eigenvalue weighted by atomic mass is 10.2. The molecule has 1 fully saturated rings. The monoisotopic (exact) mass is 343 g/mol. The van der Waals surface area contributed by atoms with Crippen LogP contribution in [0.2, 0.25) is 0 Å². The Bertz CT molecular complexity index is 888. The van der Waals surface area contributed by atoms with Crippen LogP contribution < -0.4 is 10.2 Å². The summed E-state index contributed by atoms with van der Waals surface area (Å²) in [5, 5.41) is 3.52. The zero-order valence-electron chi connectivity index (χ0n) is 13.7. The van der Waals surface area contributed by atoms with Gasteiger partial charge in [0.25, 0.3) is 0 Å². The van der Waals surface area contributed by atoms with Crippen molar-refractivity contribution < 1.29 is 23.9 Å². The van der Waals surface area contributed by atoms with E-state index in [1.54, 1.807) is 6.07 Å². The topological polar surface area (TPSA) is 89.9 Å². The third-order valence-corrected chi connectivity index (χ3v) is 4.41. The number of nitrogens with zero attached hydrogens (tertiary/aromatic N) is 2. The first-order valence-corrected chi connectivity index (χ1v) is 8.06. The van der Waals surface area contributed by atoms with Crippen LogP contribution >= 0.6 is 0 Å². The molecule has 130 valence electrons. The number of amides is 2. The first kappa shape index (κ1) is 15.5. The molecule has 1 aromatic carbocycles. The first-order valence-electron chi connectivity index (χ1n) is 8.06. The summed E-state index contributed by atoms with van der Waals surface area (Å²) in [7, 11) is 0. The zero-order valence-corrected chi connectivity index (χ0v) is 13.7. The highest BCUT2D eigenvalue weighted by molar-refractivity contribution is 5.99. The van der Waals surface area contributed by atoms with Crippen LogP contribution in [0, 0.1) is 0 Å². The number of benzene rings is 1. The highest BCUT2D eigenvalue weighted by atomic mass is 16.6. The number of esters is 1. The highest BCUT2D eigenvalue weighted by Gasteiger charge is 2.32.